The number of hydrogen-bond donors (Lipinski definition) is 0. The van der Waals surface area contributed by atoms with Crippen molar-refractivity contribution in [1.82, 2.24) is 0 Å². The summed E-state index contributed by atoms with van der Waals surface area (Å²) in [5.41, 5.74) is 0. The third-order valence-electron chi connectivity index (χ3n) is 0. The molecule has 1 radical (unpaired) electrons. The van der Waals surface area contributed by atoms with Gasteiger partial charge in [-0.05, 0) is 0 Å². The molecule has 0 aromatic rings. The van der Waals surface area contributed by atoms with E-state index in [0.717, 1.165) is 0 Å². The normalized spacial score (nSPS) is 0.667. The van der Waals surface area contributed by atoms with Gasteiger partial charge in [-0.25, -0.2) is 0 Å². The predicted octanol–water partition coefficient (Wildman–Crippen LogP) is 3.89. The Morgan fingerprint density at radius 3 is 0.778 bits per heavy atom. The Balaban J connectivity index is -0.000000000238. The van der Waals surface area contributed by atoms with E-state index >= 15 is 0 Å². The summed E-state index contributed by atoms with van der Waals surface area (Å²) in [4.78, 5) is 0. The van der Waals surface area contributed by atoms with E-state index in [1.807, 2.05) is 0 Å². The summed E-state index contributed by atoms with van der Waals surface area (Å²) < 4.78 is 0. The molecule has 9 heavy (non-hydrogen) atoms. The second-order valence-corrected chi connectivity index (χ2v) is 0. The molecular formula is C7H27PY-2. The van der Waals surface area contributed by atoms with Gasteiger partial charge in [-0.3, -0.25) is 0 Å². The zero-order chi connectivity index (χ0) is 2.00. The van der Waals surface area contributed by atoms with Gasteiger partial charge in [0.05, 0.1) is 0 Å². The fraction of sp³-hybridized carbons (Fsp3) is 0.714. The van der Waals surface area contributed by atoms with Crippen molar-refractivity contribution in [2.75, 3.05) is 0 Å². The summed E-state index contributed by atoms with van der Waals surface area (Å²) in [6, 6.07) is 0. The molecule has 0 nitrogen and oxygen atoms in total. The third kappa shape index (κ3) is 230. The van der Waals surface area contributed by atoms with Crippen LogP contribution in [-0.4, -0.2) is 0 Å². The van der Waals surface area contributed by atoms with E-state index in [2.05, 4.69) is 6.92 Å². The quantitative estimate of drug-likeness (QED) is 0.438. The van der Waals surface area contributed by atoms with Crippen LogP contribution < -0.4 is 0 Å². The summed E-state index contributed by atoms with van der Waals surface area (Å²) in [5, 5.41) is 0. The Kier molecular flexibility index (Phi) is 4890. The van der Waals surface area contributed by atoms with Gasteiger partial charge in [-0.15, -0.1) is 0 Å². The first-order chi connectivity index (χ1) is 1.00. The molecule has 0 aromatic carbocycles. The second kappa shape index (κ2) is 295. The number of hydrogen-bond acceptors (Lipinski definition) is 0. The zero-order valence-corrected chi connectivity index (χ0v) is 8.24. The van der Waals surface area contributed by atoms with Crippen molar-refractivity contribution in [3.05, 3.63) is 14.4 Å². The molecule has 0 fully saturated rings. The maximum absolute atomic E-state index is 3.25. The van der Waals surface area contributed by atoms with Crippen molar-refractivity contribution in [1.29, 1.82) is 0 Å². The minimum atomic E-state index is 0. The maximum atomic E-state index is 3.25. The van der Waals surface area contributed by atoms with Crippen molar-refractivity contribution in [3.63, 3.8) is 0 Å². The maximum Gasteiger partial charge on any atom is 0 e. The molecule has 0 N–H and O–H groups in total. The Hall–Kier alpha value is 1.53. The minimum absolute atomic E-state index is 0. The van der Waals surface area contributed by atoms with Crippen molar-refractivity contribution in [2.24, 2.45) is 0 Å². The van der Waals surface area contributed by atoms with E-state index in [1.165, 1.54) is 0 Å². The Bertz CT molecular complexity index is 8.88. The van der Waals surface area contributed by atoms with Crippen LogP contribution in [0.3, 0.4) is 0 Å². The van der Waals surface area contributed by atoms with Gasteiger partial charge in [0.1, 0.15) is 0 Å². The van der Waals surface area contributed by atoms with E-state index < -0.39 is 0 Å². The molecule has 0 aliphatic heterocycles. The van der Waals surface area contributed by atoms with Gasteiger partial charge < -0.3 is 14.4 Å². The molecular weight excluding hydrogens is 204 g/mol. The van der Waals surface area contributed by atoms with E-state index in [9.17, 15) is 0 Å². The van der Waals surface area contributed by atoms with Crippen LogP contribution in [0.5, 0.6) is 0 Å². The van der Waals surface area contributed by atoms with E-state index in [-0.39, 0.29) is 79.7 Å². The summed E-state index contributed by atoms with van der Waals surface area (Å²) in [7, 11) is 0. The van der Waals surface area contributed by atoms with E-state index in [1.54, 1.807) is 6.92 Å². The first-order valence-corrected chi connectivity index (χ1v) is 0.707. The average molecular weight is 231 g/mol. The van der Waals surface area contributed by atoms with Gasteiger partial charge in [0, 0.05) is 32.7 Å². The first kappa shape index (κ1) is 149. The van der Waals surface area contributed by atoms with Gasteiger partial charge in [-0.1, -0.05) is 29.7 Å². The molecule has 0 aliphatic rings. The Labute approximate surface area is 93.1 Å². The molecule has 0 saturated heterocycles. The number of rotatable bonds is 0. The average Bonchev–Trinajstić information content (AvgIpc) is 1.00. The first-order valence-electron chi connectivity index (χ1n) is 0.707. The standard InChI is InChI=1S/C2H5.4CH4.CH3.H3P.Y/c1-2;;;;;;;/h1H2,2H3;4*1H4;2*1H3;/q-1;;;;;-1;;. The molecule has 0 heterocycles. The summed E-state index contributed by atoms with van der Waals surface area (Å²) in [5.74, 6) is 0. The molecule has 0 rings (SSSR count). The fourth-order valence-electron chi connectivity index (χ4n) is 0. The molecule has 0 spiro atoms. The van der Waals surface area contributed by atoms with Crippen molar-refractivity contribution < 1.29 is 32.7 Å². The molecule has 1 unspecified atom stereocenters. The monoisotopic (exact) mass is 231 g/mol. The molecule has 0 aliphatic carbocycles. The van der Waals surface area contributed by atoms with Crippen LogP contribution in [0.1, 0.15) is 36.6 Å². The SMILES string of the molecule is C.C.C.C.P.[CH2-]C.[CH3-].[Y]. The van der Waals surface area contributed by atoms with Crippen LogP contribution in [0.15, 0.2) is 0 Å². The van der Waals surface area contributed by atoms with Gasteiger partial charge in [-0.2, -0.15) is 16.8 Å². The molecule has 1 atom stereocenters. The van der Waals surface area contributed by atoms with Crippen LogP contribution in [0, 0.1) is 14.4 Å². The minimum Gasteiger partial charge on any atom is -0.358 e. The summed E-state index contributed by atoms with van der Waals surface area (Å²) in [6.45, 7) is 5.00. The van der Waals surface area contributed by atoms with Gasteiger partial charge in [0.25, 0.3) is 0 Å². The van der Waals surface area contributed by atoms with Crippen molar-refractivity contribution >= 4 is 9.90 Å². The van der Waals surface area contributed by atoms with Crippen LogP contribution in [0.4, 0.5) is 0 Å². The van der Waals surface area contributed by atoms with Crippen molar-refractivity contribution in [3.8, 4) is 0 Å². The topological polar surface area (TPSA) is 0 Å². The molecule has 2 heteroatoms. The van der Waals surface area contributed by atoms with Gasteiger partial charge in [0.15, 0.2) is 0 Å². The van der Waals surface area contributed by atoms with Gasteiger partial charge in [0.2, 0.25) is 0 Å². The van der Waals surface area contributed by atoms with Gasteiger partial charge >= 0.3 is 0 Å². The van der Waals surface area contributed by atoms with Crippen LogP contribution >= 0.6 is 9.90 Å². The molecule has 0 aromatic heterocycles. The second-order valence-electron chi connectivity index (χ2n) is 0. The summed E-state index contributed by atoms with van der Waals surface area (Å²) in [6.07, 6.45) is 0. The Morgan fingerprint density at radius 1 is 0.778 bits per heavy atom. The zero-order valence-electron chi connectivity index (χ0n) is 3.99. The van der Waals surface area contributed by atoms with E-state index in [0.29, 0.717) is 0 Å². The predicted molar refractivity (Wildman–Crippen MR) is 55.5 cm³/mol. The van der Waals surface area contributed by atoms with Crippen LogP contribution in [0.25, 0.3) is 0 Å². The molecule has 65 valence electrons. The van der Waals surface area contributed by atoms with Crippen LogP contribution in [0.2, 0.25) is 0 Å². The molecule has 0 amide bonds. The molecule has 0 saturated carbocycles. The third-order valence-corrected chi connectivity index (χ3v) is 0. The molecule has 0 bridgehead atoms. The van der Waals surface area contributed by atoms with Crippen LogP contribution in [-0.2, 0) is 32.7 Å². The smallest absolute Gasteiger partial charge is 0 e. The van der Waals surface area contributed by atoms with Crippen molar-refractivity contribution in [2.45, 2.75) is 36.6 Å². The van der Waals surface area contributed by atoms with E-state index in [4.69, 9.17) is 0 Å². The summed E-state index contributed by atoms with van der Waals surface area (Å²) >= 11 is 0. The Morgan fingerprint density at radius 2 is 0.778 bits per heavy atom. The largest absolute Gasteiger partial charge is 0.358 e. The fourth-order valence-corrected chi connectivity index (χ4v) is 0.